The van der Waals surface area contributed by atoms with Crippen LogP contribution in [0.2, 0.25) is 0 Å². The van der Waals surface area contributed by atoms with E-state index in [1.807, 2.05) is 30.3 Å². The summed E-state index contributed by atoms with van der Waals surface area (Å²) in [7, 11) is 0. The van der Waals surface area contributed by atoms with Gasteiger partial charge in [-0.1, -0.05) is 30.3 Å². The zero-order valence-corrected chi connectivity index (χ0v) is 15.2. The van der Waals surface area contributed by atoms with Gasteiger partial charge in [0.15, 0.2) is 23.9 Å². The number of carbonyl (C=O) groups is 2. The highest BCUT2D eigenvalue weighted by Crippen LogP contribution is 2.32. The molecule has 0 bridgehead atoms. The summed E-state index contributed by atoms with van der Waals surface area (Å²) in [5.74, 6) is 0.239. The Hall–Kier alpha value is -3.19. The summed E-state index contributed by atoms with van der Waals surface area (Å²) < 4.78 is 15.7. The Morgan fingerprint density at radius 1 is 1.11 bits per heavy atom. The summed E-state index contributed by atoms with van der Waals surface area (Å²) in [5, 5.41) is 0.738. The number of ether oxygens (including phenoxy) is 3. The van der Waals surface area contributed by atoms with Gasteiger partial charge in [0.1, 0.15) is 9.88 Å². The lowest BCUT2D eigenvalue weighted by atomic mass is 10.1. The maximum atomic E-state index is 12.4. The van der Waals surface area contributed by atoms with Gasteiger partial charge in [0.25, 0.3) is 0 Å². The van der Waals surface area contributed by atoms with Crippen LogP contribution in [0, 0.1) is 6.92 Å². The van der Waals surface area contributed by atoms with Crippen LogP contribution < -0.4 is 9.47 Å². The molecule has 3 aromatic rings. The van der Waals surface area contributed by atoms with E-state index in [1.165, 1.54) is 11.3 Å². The molecule has 4 rings (SSSR count). The standard InChI is InChI=1S/C20H15NO5S/c1-12-18(27-19(21-12)13-5-3-2-4-6-13)20(23)24-10-15(22)14-7-8-16-17(9-14)26-11-25-16/h2-9H,10-11H2,1H3. The fraction of sp³-hybridized carbons (Fsp3) is 0.150. The molecule has 2 aromatic carbocycles. The lowest BCUT2D eigenvalue weighted by Crippen LogP contribution is -2.14. The minimum absolute atomic E-state index is 0.135. The van der Waals surface area contributed by atoms with Crippen molar-refractivity contribution in [2.45, 2.75) is 6.92 Å². The van der Waals surface area contributed by atoms with Crippen molar-refractivity contribution < 1.29 is 23.8 Å². The van der Waals surface area contributed by atoms with Crippen LogP contribution >= 0.6 is 11.3 Å². The topological polar surface area (TPSA) is 74.7 Å². The molecule has 0 radical (unpaired) electrons. The molecular weight excluding hydrogens is 366 g/mol. The quantitative estimate of drug-likeness (QED) is 0.493. The van der Waals surface area contributed by atoms with Crippen LogP contribution in [-0.2, 0) is 4.74 Å². The number of fused-ring (bicyclic) bond motifs is 1. The molecule has 1 aliphatic rings. The average molecular weight is 381 g/mol. The highest BCUT2D eigenvalue weighted by Gasteiger charge is 2.20. The number of rotatable bonds is 5. The fourth-order valence-electron chi connectivity index (χ4n) is 2.64. The maximum absolute atomic E-state index is 12.4. The monoisotopic (exact) mass is 381 g/mol. The molecule has 0 spiro atoms. The Bertz CT molecular complexity index is 1010. The molecular formula is C20H15NO5S. The van der Waals surface area contributed by atoms with Crippen LogP contribution in [0.25, 0.3) is 10.6 Å². The van der Waals surface area contributed by atoms with Crippen LogP contribution in [0.5, 0.6) is 11.5 Å². The fourth-order valence-corrected chi connectivity index (χ4v) is 3.61. The Balaban J connectivity index is 1.44. The summed E-state index contributed by atoms with van der Waals surface area (Å²) in [4.78, 5) is 29.5. The van der Waals surface area contributed by atoms with Gasteiger partial charge in [0, 0.05) is 11.1 Å². The van der Waals surface area contributed by atoms with Gasteiger partial charge in [-0.2, -0.15) is 0 Å². The SMILES string of the molecule is Cc1nc(-c2ccccc2)sc1C(=O)OCC(=O)c1ccc2c(c1)OCO2. The number of thiazole rings is 1. The average Bonchev–Trinajstić information content (AvgIpc) is 3.32. The number of aryl methyl sites for hydroxylation is 1. The largest absolute Gasteiger partial charge is 0.454 e. The molecule has 27 heavy (non-hydrogen) atoms. The molecule has 0 saturated heterocycles. The minimum atomic E-state index is -0.554. The zero-order chi connectivity index (χ0) is 18.8. The number of hydrogen-bond donors (Lipinski definition) is 0. The number of aromatic nitrogens is 1. The molecule has 7 heteroatoms. The van der Waals surface area contributed by atoms with Gasteiger partial charge >= 0.3 is 5.97 Å². The molecule has 0 N–H and O–H groups in total. The van der Waals surface area contributed by atoms with Gasteiger partial charge in [-0.15, -0.1) is 11.3 Å². The van der Waals surface area contributed by atoms with Crippen molar-refractivity contribution in [2.24, 2.45) is 0 Å². The first-order valence-corrected chi connectivity index (χ1v) is 9.06. The molecule has 1 aromatic heterocycles. The van der Waals surface area contributed by atoms with Crippen LogP contribution in [-0.4, -0.2) is 30.1 Å². The molecule has 0 amide bonds. The number of esters is 1. The lowest BCUT2D eigenvalue weighted by molar-refractivity contribution is 0.0478. The van der Waals surface area contributed by atoms with Gasteiger partial charge in [-0.3, -0.25) is 4.79 Å². The van der Waals surface area contributed by atoms with Crippen LogP contribution in [0.15, 0.2) is 48.5 Å². The van der Waals surface area contributed by atoms with Crippen LogP contribution in [0.3, 0.4) is 0 Å². The normalized spacial score (nSPS) is 12.0. The summed E-state index contributed by atoms with van der Waals surface area (Å²) in [6, 6.07) is 14.5. The molecule has 0 unspecified atom stereocenters. The van der Waals surface area contributed by atoms with Gasteiger partial charge in [0.05, 0.1) is 5.69 Å². The van der Waals surface area contributed by atoms with E-state index in [2.05, 4.69) is 4.98 Å². The van der Waals surface area contributed by atoms with Gasteiger partial charge in [-0.05, 0) is 25.1 Å². The van der Waals surface area contributed by atoms with E-state index in [1.54, 1.807) is 25.1 Å². The number of carbonyl (C=O) groups excluding carboxylic acids is 2. The number of nitrogens with zero attached hydrogens (tertiary/aromatic N) is 1. The summed E-state index contributed by atoms with van der Waals surface area (Å²) in [6.07, 6.45) is 0. The molecule has 136 valence electrons. The second-order valence-electron chi connectivity index (χ2n) is 5.87. The Kier molecular flexibility index (Phi) is 4.60. The van der Waals surface area contributed by atoms with Crippen LogP contribution in [0.1, 0.15) is 25.7 Å². The van der Waals surface area contributed by atoms with E-state index in [0.717, 1.165) is 10.6 Å². The third-order valence-electron chi connectivity index (χ3n) is 4.03. The van der Waals surface area contributed by atoms with Crippen LogP contribution in [0.4, 0.5) is 0 Å². The molecule has 0 fully saturated rings. The Labute approximate surface area is 159 Å². The third kappa shape index (κ3) is 3.54. The van der Waals surface area contributed by atoms with Gasteiger partial charge in [0.2, 0.25) is 6.79 Å². The molecule has 0 saturated carbocycles. The van der Waals surface area contributed by atoms with Crippen molar-refractivity contribution in [3.63, 3.8) is 0 Å². The van der Waals surface area contributed by atoms with Crippen molar-refractivity contribution in [1.29, 1.82) is 0 Å². The van der Waals surface area contributed by atoms with Crippen molar-refractivity contribution in [2.75, 3.05) is 13.4 Å². The minimum Gasteiger partial charge on any atom is -0.454 e. The molecule has 0 atom stereocenters. The van der Waals surface area contributed by atoms with E-state index >= 15 is 0 Å². The summed E-state index contributed by atoms with van der Waals surface area (Å²) >= 11 is 1.25. The van der Waals surface area contributed by atoms with Crippen molar-refractivity contribution in [1.82, 2.24) is 4.98 Å². The molecule has 2 heterocycles. The lowest BCUT2D eigenvalue weighted by Gasteiger charge is -2.04. The van der Waals surface area contributed by atoms with E-state index in [4.69, 9.17) is 14.2 Å². The Morgan fingerprint density at radius 3 is 2.70 bits per heavy atom. The van der Waals surface area contributed by atoms with E-state index < -0.39 is 5.97 Å². The van der Waals surface area contributed by atoms with Crippen molar-refractivity contribution >= 4 is 23.1 Å². The Morgan fingerprint density at radius 2 is 1.89 bits per heavy atom. The number of ketones is 1. The number of benzene rings is 2. The van der Waals surface area contributed by atoms with E-state index in [0.29, 0.717) is 27.6 Å². The number of Topliss-reactive ketones (excluding diaryl/α,β-unsaturated/α-hetero) is 1. The van der Waals surface area contributed by atoms with Gasteiger partial charge < -0.3 is 14.2 Å². The number of hydrogen-bond acceptors (Lipinski definition) is 7. The smallest absolute Gasteiger partial charge is 0.350 e. The second-order valence-corrected chi connectivity index (χ2v) is 6.87. The van der Waals surface area contributed by atoms with Crippen molar-refractivity contribution in [3.05, 3.63) is 64.7 Å². The highest BCUT2D eigenvalue weighted by molar-refractivity contribution is 7.17. The van der Waals surface area contributed by atoms with Gasteiger partial charge in [-0.25, -0.2) is 9.78 Å². The third-order valence-corrected chi connectivity index (χ3v) is 5.22. The predicted molar refractivity (Wildman–Crippen MR) is 99.5 cm³/mol. The first-order valence-electron chi connectivity index (χ1n) is 8.24. The molecule has 0 aliphatic carbocycles. The maximum Gasteiger partial charge on any atom is 0.350 e. The first kappa shape index (κ1) is 17.2. The summed E-state index contributed by atoms with van der Waals surface area (Å²) in [5.41, 5.74) is 1.92. The van der Waals surface area contributed by atoms with Crippen molar-refractivity contribution in [3.8, 4) is 22.1 Å². The molecule has 6 nitrogen and oxygen atoms in total. The zero-order valence-electron chi connectivity index (χ0n) is 14.4. The second kappa shape index (κ2) is 7.20. The van der Waals surface area contributed by atoms with E-state index in [9.17, 15) is 9.59 Å². The molecule has 1 aliphatic heterocycles. The summed E-state index contributed by atoms with van der Waals surface area (Å²) in [6.45, 7) is 1.53. The van der Waals surface area contributed by atoms with E-state index in [-0.39, 0.29) is 19.2 Å². The highest BCUT2D eigenvalue weighted by atomic mass is 32.1. The predicted octanol–water partition coefficient (Wildman–Crippen LogP) is 3.89. The first-order chi connectivity index (χ1) is 13.1.